The lowest BCUT2D eigenvalue weighted by Crippen LogP contribution is -2.21. The molecule has 0 heterocycles. The predicted octanol–water partition coefficient (Wildman–Crippen LogP) is 4.14. The van der Waals surface area contributed by atoms with Crippen LogP contribution in [0.4, 0.5) is 0 Å². The van der Waals surface area contributed by atoms with E-state index >= 15 is 0 Å². The van der Waals surface area contributed by atoms with E-state index in [1.807, 2.05) is 42.5 Å². The van der Waals surface area contributed by atoms with Crippen LogP contribution in [-0.4, -0.2) is 18.2 Å². The first kappa shape index (κ1) is 17.7. The first-order valence-electron chi connectivity index (χ1n) is 7.54. The molecule has 4 heteroatoms. The number of carbonyl (C=O) groups excluding carboxylic acids is 2. The summed E-state index contributed by atoms with van der Waals surface area (Å²) in [6.07, 6.45) is 5.09. The summed E-state index contributed by atoms with van der Waals surface area (Å²) in [4.78, 5) is 23.8. The molecule has 0 fully saturated rings. The Morgan fingerprint density at radius 3 is 2.50 bits per heavy atom. The van der Waals surface area contributed by atoms with E-state index in [-0.39, 0.29) is 11.7 Å². The van der Waals surface area contributed by atoms with Gasteiger partial charge in [0.25, 0.3) is 0 Å². The fraction of sp³-hybridized carbons (Fsp3) is 0.100. The van der Waals surface area contributed by atoms with Gasteiger partial charge in [0.2, 0.25) is 5.91 Å². The summed E-state index contributed by atoms with van der Waals surface area (Å²) in [5, 5.41) is 3.25. The summed E-state index contributed by atoms with van der Waals surface area (Å²) in [6, 6.07) is 16.7. The number of ketones is 1. The molecule has 0 aliphatic rings. The molecular formula is C20H18ClNO2. The molecule has 0 unspecified atom stereocenters. The van der Waals surface area contributed by atoms with Crippen LogP contribution < -0.4 is 5.32 Å². The van der Waals surface area contributed by atoms with Crippen molar-refractivity contribution in [2.45, 2.75) is 6.92 Å². The van der Waals surface area contributed by atoms with E-state index in [0.29, 0.717) is 22.7 Å². The van der Waals surface area contributed by atoms with Gasteiger partial charge in [0, 0.05) is 23.2 Å². The Hall–Kier alpha value is -2.65. The van der Waals surface area contributed by atoms with Crippen molar-refractivity contribution in [3.05, 3.63) is 82.9 Å². The molecule has 0 atom stereocenters. The average Bonchev–Trinajstić information content (AvgIpc) is 2.57. The minimum atomic E-state index is -0.321. The SMILES string of the molecule is CC(=O)/C(=C/C(=O)NC/C=C/c1ccccc1)c1cccc(Cl)c1. The molecule has 0 aromatic heterocycles. The third kappa shape index (κ3) is 5.52. The summed E-state index contributed by atoms with van der Waals surface area (Å²) >= 11 is 5.94. The Bertz CT molecular complexity index is 779. The van der Waals surface area contributed by atoms with Crippen LogP contribution in [0.5, 0.6) is 0 Å². The molecule has 0 bridgehead atoms. The lowest BCUT2D eigenvalue weighted by molar-refractivity contribution is -0.117. The molecule has 2 rings (SSSR count). The Morgan fingerprint density at radius 2 is 1.83 bits per heavy atom. The van der Waals surface area contributed by atoms with Crippen LogP contribution in [0.2, 0.25) is 5.02 Å². The zero-order valence-corrected chi connectivity index (χ0v) is 14.1. The fourth-order valence-electron chi connectivity index (χ4n) is 2.15. The standard InChI is InChI=1S/C20H18ClNO2/c1-15(23)19(17-10-5-11-18(21)13-17)14-20(24)22-12-6-9-16-7-3-2-4-8-16/h2-11,13-14H,12H2,1H3,(H,22,24)/b9-6+,19-14-. The van der Waals surface area contributed by atoms with Crippen LogP contribution in [0.15, 0.2) is 66.7 Å². The molecule has 0 saturated heterocycles. The van der Waals surface area contributed by atoms with Gasteiger partial charge >= 0.3 is 0 Å². The molecule has 24 heavy (non-hydrogen) atoms. The third-order valence-corrected chi connectivity index (χ3v) is 3.53. The van der Waals surface area contributed by atoms with Gasteiger partial charge in [-0.3, -0.25) is 9.59 Å². The zero-order chi connectivity index (χ0) is 17.4. The van der Waals surface area contributed by atoms with Crippen molar-refractivity contribution < 1.29 is 9.59 Å². The van der Waals surface area contributed by atoms with Crippen molar-refractivity contribution in [2.24, 2.45) is 0 Å². The second-order valence-corrected chi connectivity index (χ2v) is 5.62. The van der Waals surface area contributed by atoms with E-state index in [0.717, 1.165) is 5.56 Å². The Balaban J connectivity index is 2.01. The van der Waals surface area contributed by atoms with Crippen LogP contribution in [0.1, 0.15) is 18.1 Å². The molecule has 0 radical (unpaired) electrons. The number of rotatable bonds is 6. The molecule has 3 nitrogen and oxygen atoms in total. The summed E-state index contributed by atoms with van der Waals surface area (Å²) in [5.41, 5.74) is 2.03. The minimum Gasteiger partial charge on any atom is -0.349 e. The second kappa shape index (κ2) is 8.85. The summed E-state index contributed by atoms with van der Waals surface area (Å²) < 4.78 is 0. The highest BCUT2D eigenvalue weighted by atomic mass is 35.5. The highest BCUT2D eigenvalue weighted by Gasteiger charge is 2.10. The Kier molecular flexibility index (Phi) is 6.52. The molecule has 0 aliphatic carbocycles. The highest BCUT2D eigenvalue weighted by Crippen LogP contribution is 2.19. The molecular weight excluding hydrogens is 322 g/mol. The first-order valence-corrected chi connectivity index (χ1v) is 7.92. The van der Waals surface area contributed by atoms with Gasteiger partial charge in [-0.2, -0.15) is 0 Å². The zero-order valence-electron chi connectivity index (χ0n) is 13.3. The Labute approximate surface area is 146 Å². The largest absolute Gasteiger partial charge is 0.349 e. The first-order chi connectivity index (χ1) is 11.6. The minimum absolute atomic E-state index is 0.188. The smallest absolute Gasteiger partial charge is 0.244 e. The molecule has 1 amide bonds. The maximum atomic E-state index is 12.0. The van der Waals surface area contributed by atoms with E-state index in [1.165, 1.54) is 13.0 Å². The van der Waals surface area contributed by atoms with E-state index in [4.69, 9.17) is 11.6 Å². The number of hydrogen-bond acceptors (Lipinski definition) is 2. The lowest BCUT2D eigenvalue weighted by Gasteiger charge is -2.05. The number of halogens is 1. The molecule has 2 aromatic carbocycles. The van der Waals surface area contributed by atoms with Crippen LogP contribution in [0.25, 0.3) is 11.6 Å². The van der Waals surface area contributed by atoms with E-state index in [1.54, 1.807) is 24.3 Å². The average molecular weight is 340 g/mol. The second-order valence-electron chi connectivity index (χ2n) is 5.18. The molecule has 2 aromatic rings. The maximum absolute atomic E-state index is 12.0. The van der Waals surface area contributed by atoms with Crippen LogP contribution in [-0.2, 0) is 9.59 Å². The van der Waals surface area contributed by atoms with Gasteiger partial charge in [-0.1, -0.05) is 66.2 Å². The number of amides is 1. The number of Topliss-reactive ketones (excluding diaryl/α,β-unsaturated/α-hetero) is 1. The van der Waals surface area contributed by atoms with Crippen LogP contribution in [0, 0.1) is 0 Å². The van der Waals surface area contributed by atoms with Gasteiger partial charge in [0.15, 0.2) is 5.78 Å². The molecule has 1 N–H and O–H groups in total. The number of allylic oxidation sites excluding steroid dienone is 1. The van der Waals surface area contributed by atoms with Crippen LogP contribution >= 0.6 is 11.6 Å². The number of nitrogens with one attached hydrogen (secondary N) is 1. The van der Waals surface area contributed by atoms with Crippen molar-refractivity contribution in [2.75, 3.05) is 6.54 Å². The monoisotopic (exact) mass is 339 g/mol. The molecule has 0 spiro atoms. The van der Waals surface area contributed by atoms with E-state index in [9.17, 15) is 9.59 Å². The van der Waals surface area contributed by atoms with Gasteiger partial charge in [0.05, 0.1) is 0 Å². The number of carbonyl (C=O) groups is 2. The van der Waals surface area contributed by atoms with E-state index < -0.39 is 0 Å². The van der Waals surface area contributed by atoms with Crippen molar-refractivity contribution in [1.29, 1.82) is 0 Å². The van der Waals surface area contributed by atoms with Crippen molar-refractivity contribution in [3.8, 4) is 0 Å². The van der Waals surface area contributed by atoms with Crippen molar-refractivity contribution in [3.63, 3.8) is 0 Å². The quantitative estimate of drug-likeness (QED) is 0.804. The van der Waals surface area contributed by atoms with Crippen LogP contribution in [0.3, 0.4) is 0 Å². The normalized spacial score (nSPS) is 11.5. The van der Waals surface area contributed by atoms with Gasteiger partial charge in [0.1, 0.15) is 0 Å². The summed E-state index contributed by atoms with van der Waals surface area (Å²) in [7, 11) is 0. The highest BCUT2D eigenvalue weighted by molar-refractivity contribution is 6.31. The topological polar surface area (TPSA) is 46.2 Å². The van der Waals surface area contributed by atoms with E-state index in [2.05, 4.69) is 5.32 Å². The number of benzene rings is 2. The Morgan fingerprint density at radius 1 is 1.08 bits per heavy atom. The molecule has 0 saturated carbocycles. The van der Waals surface area contributed by atoms with Gasteiger partial charge in [-0.25, -0.2) is 0 Å². The number of hydrogen-bond donors (Lipinski definition) is 1. The lowest BCUT2D eigenvalue weighted by atomic mass is 10.0. The summed E-state index contributed by atoms with van der Waals surface area (Å²) in [5.74, 6) is -0.509. The van der Waals surface area contributed by atoms with Gasteiger partial charge in [-0.05, 0) is 30.2 Å². The summed E-state index contributed by atoms with van der Waals surface area (Å²) in [6.45, 7) is 1.81. The van der Waals surface area contributed by atoms with Crippen molar-refractivity contribution >= 4 is 34.9 Å². The maximum Gasteiger partial charge on any atom is 0.244 e. The molecule has 122 valence electrons. The van der Waals surface area contributed by atoms with Crippen molar-refractivity contribution in [1.82, 2.24) is 5.32 Å². The van der Waals surface area contributed by atoms with Gasteiger partial charge < -0.3 is 5.32 Å². The predicted molar refractivity (Wildman–Crippen MR) is 98.6 cm³/mol. The molecule has 0 aliphatic heterocycles. The van der Waals surface area contributed by atoms with Gasteiger partial charge in [-0.15, -0.1) is 0 Å². The third-order valence-electron chi connectivity index (χ3n) is 3.29. The fourth-order valence-corrected chi connectivity index (χ4v) is 2.34.